The molecular formula is C28H32N2O3S. The lowest BCUT2D eigenvalue weighted by Gasteiger charge is -2.24. The number of fused-ring (bicyclic) bond motifs is 1. The van der Waals surface area contributed by atoms with Crippen molar-refractivity contribution in [1.29, 1.82) is 0 Å². The first-order chi connectivity index (χ1) is 16.3. The molecule has 1 N–H and O–H groups in total. The van der Waals surface area contributed by atoms with Gasteiger partial charge in [-0.25, -0.2) is 8.42 Å². The summed E-state index contributed by atoms with van der Waals surface area (Å²) in [5, 5.41) is 3.14. The van der Waals surface area contributed by atoms with Crippen molar-refractivity contribution in [3.05, 3.63) is 94.5 Å². The molecular weight excluding hydrogens is 444 g/mol. The van der Waals surface area contributed by atoms with E-state index in [2.05, 4.69) is 23.5 Å². The van der Waals surface area contributed by atoms with E-state index in [0.717, 1.165) is 30.4 Å². The summed E-state index contributed by atoms with van der Waals surface area (Å²) in [5.74, 6) is -0.286. The molecule has 178 valence electrons. The zero-order valence-electron chi connectivity index (χ0n) is 20.0. The third kappa shape index (κ3) is 4.87. The van der Waals surface area contributed by atoms with Crippen LogP contribution in [-0.2, 0) is 22.9 Å². The van der Waals surface area contributed by atoms with Gasteiger partial charge in [0.2, 0.25) is 0 Å². The van der Waals surface area contributed by atoms with Crippen LogP contribution in [0.4, 0.5) is 5.69 Å². The normalized spacial score (nSPS) is 14.2. The van der Waals surface area contributed by atoms with E-state index < -0.39 is 10.0 Å². The second-order valence-corrected chi connectivity index (χ2v) is 10.9. The molecule has 0 aromatic heterocycles. The van der Waals surface area contributed by atoms with E-state index in [1.165, 1.54) is 35.3 Å². The molecule has 0 bridgehead atoms. The first kappa shape index (κ1) is 24.0. The van der Waals surface area contributed by atoms with Crippen LogP contribution in [0.1, 0.15) is 64.8 Å². The van der Waals surface area contributed by atoms with Crippen molar-refractivity contribution in [2.75, 3.05) is 11.4 Å². The molecule has 0 saturated carbocycles. The first-order valence-electron chi connectivity index (χ1n) is 11.9. The Bertz CT molecular complexity index is 1280. The smallest absolute Gasteiger partial charge is 0.264 e. The standard InChI is InChI=1S/C28H32N2O3S/c1-4-26(23-16-15-21-9-5-6-10-22(21)19-23)29-28(31)25-11-7-8-12-27(25)30(3)34(32,33)24-17-13-20(2)14-18-24/h7-8,11-19,26H,4-6,9-10H2,1-3H3,(H,29,31). The summed E-state index contributed by atoms with van der Waals surface area (Å²) in [6.07, 6.45) is 5.38. The van der Waals surface area contributed by atoms with Gasteiger partial charge in [0.1, 0.15) is 0 Å². The van der Waals surface area contributed by atoms with Gasteiger partial charge in [-0.15, -0.1) is 0 Å². The number of amides is 1. The van der Waals surface area contributed by atoms with Crippen molar-refractivity contribution in [1.82, 2.24) is 5.32 Å². The Balaban J connectivity index is 1.60. The number of benzene rings is 3. The van der Waals surface area contributed by atoms with Gasteiger partial charge in [-0.3, -0.25) is 9.10 Å². The highest BCUT2D eigenvalue weighted by Gasteiger charge is 2.26. The lowest BCUT2D eigenvalue weighted by molar-refractivity contribution is 0.0936. The Morgan fingerprint density at radius 1 is 0.971 bits per heavy atom. The molecule has 0 radical (unpaired) electrons. The monoisotopic (exact) mass is 476 g/mol. The lowest BCUT2D eigenvalue weighted by atomic mass is 9.88. The number of hydrogen-bond donors (Lipinski definition) is 1. The molecule has 3 aromatic carbocycles. The van der Waals surface area contributed by atoms with Crippen LogP contribution in [0.2, 0.25) is 0 Å². The van der Waals surface area contributed by atoms with Crippen molar-refractivity contribution in [3.8, 4) is 0 Å². The zero-order chi connectivity index (χ0) is 24.3. The van der Waals surface area contributed by atoms with Crippen LogP contribution in [0, 0.1) is 6.92 Å². The predicted molar refractivity (Wildman–Crippen MR) is 137 cm³/mol. The van der Waals surface area contributed by atoms with Crippen LogP contribution in [0.3, 0.4) is 0 Å². The minimum absolute atomic E-state index is 0.146. The van der Waals surface area contributed by atoms with Gasteiger partial charge >= 0.3 is 0 Å². The summed E-state index contributed by atoms with van der Waals surface area (Å²) in [7, 11) is -2.32. The molecule has 1 unspecified atom stereocenters. The maximum atomic E-state index is 13.4. The highest BCUT2D eigenvalue weighted by atomic mass is 32.2. The van der Waals surface area contributed by atoms with Crippen molar-refractivity contribution in [2.45, 2.75) is 56.9 Å². The number of hydrogen-bond acceptors (Lipinski definition) is 3. The maximum absolute atomic E-state index is 13.4. The van der Waals surface area contributed by atoms with Crippen LogP contribution in [-0.4, -0.2) is 21.4 Å². The molecule has 0 aliphatic heterocycles. The number of carbonyl (C=O) groups excluding carboxylic acids is 1. The molecule has 0 heterocycles. The van der Waals surface area contributed by atoms with Crippen LogP contribution in [0.15, 0.2) is 71.6 Å². The van der Waals surface area contributed by atoms with Crippen molar-refractivity contribution < 1.29 is 13.2 Å². The quantitative estimate of drug-likeness (QED) is 0.484. The first-order valence-corrected chi connectivity index (χ1v) is 13.3. The third-order valence-electron chi connectivity index (χ3n) is 6.66. The molecule has 5 nitrogen and oxygen atoms in total. The summed E-state index contributed by atoms with van der Waals surface area (Å²) >= 11 is 0. The summed E-state index contributed by atoms with van der Waals surface area (Å²) in [6, 6.07) is 19.9. The maximum Gasteiger partial charge on any atom is 0.264 e. The van der Waals surface area contributed by atoms with E-state index in [0.29, 0.717) is 11.3 Å². The molecule has 0 fully saturated rings. The summed E-state index contributed by atoms with van der Waals surface area (Å²) in [6.45, 7) is 3.96. The molecule has 1 atom stereocenters. The van der Waals surface area contributed by atoms with E-state index in [1.54, 1.807) is 48.5 Å². The number of sulfonamides is 1. The number of nitrogens with one attached hydrogen (secondary N) is 1. The van der Waals surface area contributed by atoms with Crippen molar-refractivity contribution >= 4 is 21.6 Å². The van der Waals surface area contributed by atoms with Gasteiger partial charge in [-0.2, -0.15) is 0 Å². The molecule has 4 rings (SSSR count). The summed E-state index contributed by atoms with van der Waals surface area (Å²) in [5.41, 5.74) is 5.53. The Kier molecular flexibility index (Phi) is 7.08. The van der Waals surface area contributed by atoms with Crippen LogP contribution in [0.5, 0.6) is 0 Å². The van der Waals surface area contributed by atoms with Crippen molar-refractivity contribution in [2.24, 2.45) is 0 Å². The molecule has 3 aromatic rings. The molecule has 6 heteroatoms. The zero-order valence-corrected chi connectivity index (χ0v) is 20.9. The number of anilines is 1. The van der Waals surface area contributed by atoms with Gasteiger partial charge in [0.15, 0.2) is 0 Å². The van der Waals surface area contributed by atoms with Gasteiger partial charge in [0.05, 0.1) is 22.2 Å². The van der Waals surface area contributed by atoms with E-state index in [4.69, 9.17) is 0 Å². The van der Waals surface area contributed by atoms with Gasteiger partial charge in [-0.1, -0.05) is 55.0 Å². The van der Waals surface area contributed by atoms with Gasteiger partial charge in [-0.05, 0) is 80.0 Å². The molecule has 1 aliphatic carbocycles. The van der Waals surface area contributed by atoms with E-state index in [1.807, 2.05) is 13.8 Å². The van der Waals surface area contributed by atoms with Crippen LogP contribution in [0.25, 0.3) is 0 Å². The lowest BCUT2D eigenvalue weighted by Crippen LogP contribution is -2.32. The molecule has 34 heavy (non-hydrogen) atoms. The largest absolute Gasteiger partial charge is 0.345 e. The van der Waals surface area contributed by atoms with Gasteiger partial charge < -0.3 is 5.32 Å². The minimum atomic E-state index is -3.81. The fourth-order valence-corrected chi connectivity index (χ4v) is 5.78. The summed E-state index contributed by atoms with van der Waals surface area (Å²) < 4.78 is 27.7. The van der Waals surface area contributed by atoms with Crippen molar-refractivity contribution in [3.63, 3.8) is 0 Å². The third-order valence-corrected chi connectivity index (χ3v) is 8.44. The highest BCUT2D eigenvalue weighted by molar-refractivity contribution is 7.92. The topological polar surface area (TPSA) is 66.5 Å². The van der Waals surface area contributed by atoms with E-state index >= 15 is 0 Å². The summed E-state index contributed by atoms with van der Waals surface area (Å²) in [4.78, 5) is 13.6. The van der Waals surface area contributed by atoms with Gasteiger partial charge in [0.25, 0.3) is 15.9 Å². The minimum Gasteiger partial charge on any atom is -0.345 e. The molecule has 1 aliphatic rings. The Morgan fingerprint density at radius 2 is 1.65 bits per heavy atom. The van der Waals surface area contributed by atoms with Crippen LogP contribution >= 0.6 is 0 Å². The number of para-hydroxylation sites is 1. The predicted octanol–water partition coefficient (Wildman–Crippen LogP) is 5.58. The van der Waals surface area contributed by atoms with Crippen LogP contribution < -0.4 is 9.62 Å². The number of aryl methyl sites for hydroxylation is 3. The average molecular weight is 477 g/mol. The van der Waals surface area contributed by atoms with E-state index in [-0.39, 0.29) is 16.8 Å². The Labute approximate surface area is 202 Å². The molecule has 0 spiro atoms. The fourth-order valence-electron chi connectivity index (χ4n) is 4.57. The fraction of sp³-hybridized carbons (Fsp3) is 0.321. The number of rotatable bonds is 7. The average Bonchev–Trinajstić information content (AvgIpc) is 2.86. The Morgan fingerprint density at radius 3 is 2.35 bits per heavy atom. The number of nitrogens with zero attached hydrogens (tertiary/aromatic N) is 1. The SMILES string of the molecule is CCC(NC(=O)c1ccccc1N(C)S(=O)(=O)c1ccc(C)cc1)c1ccc2c(c1)CCCC2. The second kappa shape index (κ2) is 10.0. The molecule has 0 saturated heterocycles. The van der Waals surface area contributed by atoms with Gasteiger partial charge in [0, 0.05) is 7.05 Å². The number of carbonyl (C=O) groups is 1. The van der Waals surface area contributed by atoms with E-state index in [9.17, 15) is 13.2 Å². The second-order valence-electron chi connectivity index (χ2n) is 8.97. The molecule has 1 amide bonds. The highest BCUT2D eigenvalue weighted by Crippen LogP contribution is 2.29. The Hall–Kier alpha value is -3.12.